The van der Waals surface area contributed by atoms with Crippen molar-refractivity contribution in [1.82, 2.24) is 29.6 Å². The fraction of sp³-hybridized carbons (Fsp3) is 0.500. The average molecular weight is 442 g/mol. The Morgan fingerprint density at radius 2 is 2.00 bits per heavy atom. The van der Waals surface area contributed by atoms with Crippen LogP contribution >= 0.6 is 0 Å². The summed E-state index contributed by atoms with van der Waals surface area (Å²) < 4.78 is 8.80. The third-order valence-corrected chi connectivity index (χ3v) is 4.64. The van der Waals surface area contributed by atoms with Gasteiger partial charge in [0.15, 0.2) is 5.65 Å². The average Bonchev–Trinajstić information content (AvgIpc) is 3.26. The van der Waals surface area contributed by atoms with E-state index in [1.807, 2.05) is 51.3 Å². The Bertz CT molecular complexity index is 1090. The number of alkyl carbamates (subject to hydrolysis) is 1. The van der Waals surface area contributed by atoms with E-state index < -0.39 is 11.7 Å². The van der Waals surface area contributed by atoms with Gasteiger partial charge in [-0.15, -0.1) is 0 Å². The van der Waals surface area contributed by atoms with Crippen molar-refractivity contribution in [2.75, 3.05) is 11.9 Å². The lowest BCUT2D eigenvalue weighted by molar-refractivity contribution is 0.0526. The van der Waals surface area contributed by atoms with E-state index in [0.717, 1.165) is 18.5 Å². The molecule has 0 radical (unpaired) electrons. The van der Waals surface area contributed by atoms with Gasteiger partial charge in [0.05, 0.1) is 5.69 Å². The van der Waals surface area contributed by atoms with Gasteiger partial charge in [0.2, 0.25) is 5.95 Å². The van der Waals surface area contributed by atoms with Crippen molar-refractivity contribution in [3.8, 4) is 0 Å². The predicted octanol–water partition coefficient (Wildman–Crippen LogP) is 3.51. The molecular weight excluding hydrogens is 410 g/mol. The molecule has 0 fully saturated rings. The highest BCUT2D eigenvalue weighted by molar-refractivity contribution is 6.02. The number of fused-ring (bicyclic) bond motifs is 1. The Balaban J connectivity index is 1.67. The highest BCUT2D eigenvalue weighted by Gasteiger charge is 2.19. The topological polar surface area (TPSA) is 116 Å². The van der Waals surface area contributed by atoms with Gasteiger partial charge in [-0.2, -0.15) is 5.10 Å². The van der Waals surface area contributed by atoms with Gasteiger partial charge >= 0.3 is 6.09 Å². The van der Waals surface area contributed by atoms with Crippen molar-refractivity contribution in [1.29, 1.82) is 0 Å². The van der Waals surface area contributed by atoms with E-state index >= 15 is 0 Å². The fourth-order valence-corrected chi connectivity index (χ4v) is 3.30. The standard InChI is InChI=1S/C22H31N7O3/c1-6-29-17(14-15(2)27-29)19(30)26-20-25-16-10-9-12-23-18(16)28(20)13-8-7-11-24-21(31)32-22(3,4)5/h9-10,12,14H,6-8,11,13H2,1-5H3,(H,24,31)(H,25,26,30). The normalized spacial score (nSPS) is 11.5. The Morgan fingerprint density at radius 1 is 1.22 bits per heavy atom. The molecule has 10 heteroatoms. The molecule has 3 aromatic heterocycles. The highest BCUT2D eigenvalue weighted by Crippen LogP contribution is 2.19. The van der Waals surface area contributed by atoms with Crippen LogP contribution in [0.3, 0.4) is 0 Å². The monoisotopic (exact) mass is 441 g/mol. The van der Waals surface area contributed by atoms with Crippen LogP contribution in [0.5, 0.6) is 0 Å². The van der Waals surface area contributed by atoms with Crippen molar-refractivity contribution in [2.24, 2.45) is 0 Å². The smallest absolute Gasteiger partial charge is 0.407 e. The summed E-state index contributed by atoms with van der Waals surface area (Å²) in [5.41, 5.74) is 2.14. The Labute approximate surface area is 187 Å². The molecule has 2 N–H and O–H groups in total. The van der Waals surface area contributed by atoms with Gasteiger partial charge in [0, 0.05) is 25.8 Å². The van der Waals surface area contributed by atoms with Crippen molar-refractivity contribution >= 4 is 29.1 Å². The number of carbonyl (C=O) groups is 2. The molecule has 3 heterocycles. The maximum Gasteiger partial charge on any atom is 0.407 e. The van der Waals surface area contributed by atoms with E-state index in [0.29, 0.717) is 42.4 Å². The third kappa shape index (κ3) is 5.83. The zero-order valence-electron chi connectivity index (χ0n) is 19.3. The number of hydrogen-bond acceptors (Lipinski definition) is 6. The first-order chi connectivity index (χ1) is 15.2. The van der Waals surface area contributed by atoms with Crippen LogP contribution in [0.4, 0.5) is 10.7 Å². The van der Waals surface area contributed by atoms with E-state index in [1.165, 1.54) is 0 Å². The number of ether oxygens (including phenoxy) is 1. The maximum atomic E-state index is 12.9. The number of imidazole rings is 1. The summed E-state index contributed by atoms with van der Waals surface area (Å²) in [6, 6.07) is 5.43. The minimum absolute atomic E-state index is 0.268. The maximum absolute atomic E-state index is 12.9. The molecule has 0 aromatic carbocycles. The lowest BCUT2D eigenvalue weighted by atomic mass is 10.2. The molecule has 0 saturated carbocycles. The number of pyridine rings is 1. The molecule has 2 amide bonds. The zero-order valence-corrected chi connectivity index (χ0v) is 19.3. The second-order valence-electron chi connectivity index (χ2n) is 8.51. The number of carbonyl (C=O) groups excluding carboxylic acids is 2. The van der Waals surface area contributed by atoms with E-state index in [-0.39, 0.29) is 5.91 Å². The van der Waals surface area contributed by atoms with Crippen molar-refractivity contribution in [3.63, 3.8) is 0 Å². The van der Waals surface area contributed by atoms with E-state index in [4.69, 9.17) is 4.74 Å². The summed E-state index contributed by atoms with van der Waals surface area (Å²) in [6.07, 6.45) is 2.77. The largest absolute Gasteiger partial charge is 0.444 e. The van der Waals surface area contributed by atoms with Crippen LogP contribution in [0.15, 0.2) is 24.4 Å². The minimum atomic E-state index is -0.524. The number of aryl methyl sites for hydroxylation is 3. The van der Waals surface area contributed by atoms with Crippen LogP contribution in [-0.4, -0.2) is 48.5 Å². The first-order valence-electron chi connectivity index (χ1n) is 10.8. The predicted molar refractivity (Wildman–Crippen MR) is 122 cm³/mol. The van der Waals surface area contributed by atoms with Crippen LogP contribution in [0, 0.1) is 6.92 Å². The molecule has 0 atom stereocenters. The molecule has 0 spiro atoms. The molecule has 32 heavy (non-hydrogen) atoms. The molecule has 172 valence electrons. The number of unbranched alkanes of at least 4 members (excludes halogenated alkanes) is 1. The van der Waals surface area contributed by atoms with E-state index in [2.05, 4.69) is 25.7 Å². The molecule has 0 aliphatic heterocycles. The summed E-state index contributed by atoms with van der Waals surface area (Å²) in [4.78, 5) is 33.7. The summed E-state index contributed by atoms with van der Waals surface area (Å²) in [7, 11) is 0. The second-order valence-corrected chi connectivity index (χ2v) is 8.51. The van der Waals surface area contributed by atoms with Crippen LogP contribution in [0.1, 0.15) is 56.7 Å². The van der Waals surface area contributed by atoms with Gasteiger partial charge in [-0.25, -0.2) is 14.8 Å². The number of aromatic nitrogens is 5. The molecular formula is C22H31N7O3. The van der Waals surface area contributed by atoms with Crippen molar-refractivity contribution in [3.05, 3.63) is 35.8 Å². The Hall–Kier alpha value is -3.43. The molecule has 0 bridgehead atoms. The van der Waals surface area contributed by atoms with Crippen LogP contribution in [-0.2, 0) is 17.8 Å². The van der Waals surface area contributed by atoms with Crippen LogP contribution in [0.25, 0.3) is 11.2 Å². The summed E-state index contributed by atoms with van der Waals surface area (Å²) in [5.74, 6) is 0.168. The van der Waals surface area contributed by atoms with Gasteiger partial charge in [0.1, 0.15) is 16.8 Å². The number of anilines is 1. The third-order valence-electron chi connectivity index (χ3n) is 4.64. The fourth-order valence-electron chi connectivity index (χ4n) is 3.30. The quantitative estimate of drug-likeness (QED) is 0.517. The first kappa shape index (κ1) is 23.2. The van der Waals surface area contributed by atoms with Crippen molar-refractivity contribution in [2.45, 2.75) is 66.2 Å². The second kappa shape index (κ2) is 9.80. The Kier molecular flexibility index (Phi) is 7.12. The first-order valence-corrected chi connectivity index (χ1v) is 10.8. The molecule has 3 aromatic rings. The van der Waals surface area contributed by atoms with E-state index in [9.17, 15) is 9.59 Å². The van der Waals surface area contributed by atoms with Crippen molar-refractivity contribution < 1.29 is 14.3 Å². The van der Waals surface area contributed by atoms with Crippen LogP contribution in [0.2, 0.25) is 0 Å². The van der Waals surface area contributed by atoms with Gasteiger partial charge in [-0.1, -0.05) is 0 Å². The SMILES string of the molecule is CCn1nc(C)cc1C(=O)Nc1nc2cccnc2n1CCCCNC(=O)OC(C)(C)C. The molecule has 0 aliphatic rings. The van der Waals surface area contributed by atoms with E-state index in [1.54, 1.807) is 16.9 Å². The lowest BCUT2D eigenvalue weighted by Gasteiger charge is -2.19. The zero-order chi connectivity index (χ0) is 23.3. The summed E-state index contributed by atoms with van der Waals surface area (Å²) in [6.45, 7) is 11.0. The highest BCUT2D eigenvalue weighted by atomic mass is 16.6. The summed E-state index contributed by atoms with van der Waals surface area (Å²) in [5, 5.41) is 10.0. The number of amides is 2. The number of hydrogen-bond donors (Lipinski definition) is 2. The Morgan fingerprint density at radius 3 is 2.72 bits per heavy atom. The molecule has 0 unspecified atom stereocenters. The van der Waals surface area contributed by atoms with Gasteiger partial charge < -0.3 is 10.1 Å². The van der Waals surface area contributed by atoms with Gasteiger partial charge in [0.25, 0.3) is 5.91 Å². The van der Waals surface area contributed by atoms with Crippen LogP contribution < -0.4 is 10.6 Å². The number of rotatable bonds is 8. The van der Waals surface area contributed by atoms with Gasteiger partial charge in [-0.05, 0) is 65.7 Å². The molecule has 3 rings (SSSR count). The summed E-state index contributed by atoms with van der Waals surface area (Å²) >= 11 is 0. The van der Waals surface area contributed by atoms with Gasteiger partial charge in [-0.3, -0.25) is 19.4 Å². The number of nitrogens with one attached hydrogen (secondary N) is 2. The minimum Gasteiger partial charge on any atom is -0.444 e. The molecule has 0 saturated heterocycles. The lowest BCUT2D eigenvalue weighted by Crippen LogP contribution is -2.33. The number of nitrogens with zero attached hydrogens (tertiary/aromatic N) is 5. The molecule has 10 nitrogen and oxygen atoms in total. The molecule has 0 aliphatic carbocycles.